The molecule has 1 aliphatic rings. The van der Waals surface area contributed by atoms with E-state index in [2.05, 4.69) is 29.0 Å². The van der Waals surface area contributed by atoms with Gasteiger partial charge in [-0.05, 0) is 51.8 Å². The maximum absolute atomic E-state index is 13.2. The first-order chi connectivity index (χ1) is 11.3. The third-order valence-electron chi connectivity index (χ3n) is 4.50. The standard InChI is InChI=1S/C17H24F3N3O/c1-12(2)23-8-5-13(6-9-23)10-15(24)22-16(17(18,19)20)14-4-3-7-21-11-14/h3-4,7,11-13,16H,5-6,8-10H2,1-2H3,(H,22,24)/t16-/m0/s1. The van der Waals surface area contributed by atoms with Crippen LogP contribution in [0.2, 0.25) is 0 Å². The third-order valence-corrected chi connectivity index (χ3v) is 4.50. The van der Waals surface area contributed by atoms with Gasteiger partial charge in [0, 0.05) is 30.4 Å². The largest absolute Gasteiger partial charge is 0.412 e. The molecule has 0 bridgehead atoms. The molecular formula is C17H24F3N3O. The molecule has 2 heterocycles. The van der Waals surface area contributed by atoms with Gasteiger partial charge in [0.1, 0.15) is 0 Å². The predicted octanol–water partition coefficient (Wildman–Crippen LogP) is 3.31. The molecule has 1 aromatic rings. The summed E-state index contributed by atoms with van der Waals surface area (Å²) in [6, 6.07) is 1.21. The Bertz CT molecular complexity index is 526. The van der Waals surface area contributed by atoms with Gasteiger partial charge in [0.2, 0.25) is 5.91 Å². The number of hydrogen-bond acceptors (Lipinski definition) is 3. The minimum Gasteiger partial charge on any atom is -0.341 e. The number of rotatable bonds is 5. The molecule has 24 heavy (non-hydrogen) atoms. The van der Waals surface area contributed by atoms with Gasteiger partial charge in [-0.2, -0.15) is 13.2 Å². The van der Waals surface area contributed by atoms with E-state index in [1.54, 1.807) is 0 Å². The summed E-state index contributed by atoms with van der Waals surface area (Å²) in [6.07, 6.45) is -0.177. The summed E-state index contributed by atoms with van der Waals surface area (Å²) in [5.74, 6) is -0.410. The van der Waals surface area contributed by atoms with Gasteiger partial charge in [-0.15, -0.1) is 0 Å². The minimum absolute atomic E-state index is 0.0482. The molecule has 0 aliphatic carbocycles. The summed E-state index contributed by atoms with van der Waals surface area (Å²) in [5.41, 5.74) is -0.0482. The first kappa shape index (κ1) is 18.7. The quantitative estimate of drug-likeness (QED) is 0.892. The van der Waals surface area contributed by atoms with E-state index in [0.29, 0.717) is 6.04 Å². The molecular weight excluding hydrogens is 319 g/mol. The van der Waals surface area contributed by atoms with E-state index in [0.717, 1.165) is 32.1 Å². The highest BCUT2D eigenvalue weighted by Gasteiger charge is 2.42. The molecule has 7 heteroatoms. The molecule has 1 saturated heterocycles. The lowest BCUT2D eigenvalue weighted by Crippen LogP contribution is -2.41. The zero-order valence-corrected chi connectivity index (χ0v) is 14.0. The molecule has 0 unspecified atom stereocenters. The summed E-state index contributed by atoms with van der Waals surface area (Å²) in [7, 11) is 0. The molecule has 0 saturated carbocycles. The second kappa shape index (κ2) is 7.96. The highest BCUT2D eigenvalue weighted by Crippen LogP contribution is 2.32. The van der Waals surface area contributed by atoms with Crippen LogP contribution in [0.1, 0.15) is 44.7 Å². The lowest BCUT2D eigenvalue weighted by Gasteiger charge is -2.34. The van der Waals surface area contributed by atoms with Crippen LogP contribution in [-0.2, 0) is 4.79 Å². The molecule has 1 aliphatic heterocycles. The number of halogens is 3. The first-order valence-corrected chi connectivity index (χ1v) is 8.27. The van der Waals surface area contributed by atoms with Crippen molar-refractivity contribution in [1.82, 2.24) is 15.2 Å². The molecule has 1 aromatic heterocycles. The van der Waals surface area contributed by atoms with Gasteiger partial charge < -0.3 is 10.2 Å². The smallest absolute Gasteiger partial charge is 0.341 e. The van der Waals surface area contributed by atoms with Crippen LogP contribution in [0.15, 0.2) is 24.5 Å². The molecule has 134 valence electrons. The normalized spacial score (nSPS) is 18.6. The summed E-state index contributed by atoms with van der Waals surface area (Å²) in [6.45, 7) is 6.02. The van der Waals surface area contributed by atoms with Gasteiger partial charge >= 0.3 is 6.18 Å². The van der Waals surface area contributed by atoms with Gasteiger partial charge in [-0.25, -0.2) is 0 Å². The van der Waals surface area contributed by atoms with Gasteiger partial charge in [0.15, 0.2) is 6.04 Å². The highest BCUT2D eigenvalue weighted by molar-refractivity contribution is 5.76. The van der Waals surface area contributed by atoms with E-state index >= 15 is 0 Å². The van der Waals surface area contributed by atoms with E-state index in [4.69, 9.17) is 0 Å². The molecule has 1 amide bonds. The van der Waals surface area contributed by atoms with Crippen molar-refractivity contribution in [3.05, 3.63) is 30.1 Å². The zero-order valence-electron chi connectivity index (χ0n) is 14.0. The second-order valence-corrected chi connectivity index (χ2v) is 6.61. The Kier molecular flexibility index (Phi) is 6.21. The van der Waals surface area contributed by atoms with Crippen LogP contribution in [0.25, 0.3) is 0 Å². The minimum atomic E-state index is -4.54. The Morgan fingerprint density at radius 3 is 2.54 bits per heavy atom. The fraction of sp³-hybridized carbons (Fsp3) is 0.647. The summed E-state index contributed by atoms with van der Waals surface area (Å²) < 4.78 is 39.7. The number of carbonyl (C=O) groups excluding carboxylic acids is 1. The van der Waals surface area contributed by atoms with E-state index in [1.165, 1.54) is 18.3 Å². The average molecular weight is 343 g/mol. The van der Waals surface area contributed by atoms with Crippen LogP contribution in [0.4, 0.5) is 13.2 Å². The number of carbonyl (C=O) groups is 1. The number of hydrogen-bond donors (Lipinski definition) is 1. The Morgan fingerprint density at radius 1 is 1.38 bits per heavy atom. The van der Waals surface area contributed by atoms with Crippen molar-refractivity contribution in [2.75, 3.05) is 13.1 Å². The Morgan fingerprint density at radius 2 is 2.04 bits per heavy atom. The fourth-order valence-electron chi connectivity index (χ4n) is 3.06. The number of alkyl halides is 3. The van der Waals surface area contributed by atoms with Crippen molar-refractivity contribution in [2.45, 2.75) is 51.4 Å². The molecule has 1 atom stereocenters. The van der Waals surface area contributed by atoms with Gasteiger partial charge in [-0.3, -0.25) is 9.78 Å². The lowest BCUT2D eigenvalue weighted by atomic mass is 9.92. The molecule has 0 spiro atoms. The number of nitrogens with zero attached hydrogens (tertiary/aromatic N) is 2. The zero-order chi connectivity index (χ0) is 17.7. The predicted molar refractivity (Wildman–Crippen MR) is 85.2 cm³/mol. The van der Waals surface area contributed by atoms with Crippen molar-refractivity contribution < 1.29 is 18.0 Å². The SMILES string of the molecule is CC(C)N1CCC(CC(=O)N[C@@H](c2cccnc2)C(F)(F)F)CC1. The number of pyridine rings is 1. The highest BCUT2D eigenvalue weighted by atomic mass is 19.4. The van der Waals surface area contributed by atoms with Crippen molar-refractivity contribution in [1.29, 1.82) is 0 Å². The van der Waals surface area contributed by atoms with Crippen LogP contribution in [-0.4, -0.2) is 41.1 Å². The molecule has 0 aromatic carbocycles. The van der Waals surface area contributed by atoms with E-state index < -0.39 is 18.1 Å². The summed E-state index contributed by atoms with van der Waals surface area (Å²) in [4.78, 5) is 18.1. The second-order valence-electron chi connectivity index (χ2n) is 6.61. The lowest BCUT2D eigenvalue weighted by molar-refractivity contribution is -0.163. The van der Waals surface area contributed by atoms with E-state index in [-0.39, 0.29) is 17.9 Å². The van der Waals surface area contributed by atoms with Gasteiger partial charge in [-0.1, -0.05) is 6.07 Å². The maximum atomic E-state index is 13.2. The van der Waals surface area contributed by atoms with Crippen LogP contribution in [0, 0.1) is 5.92 Å². The van der Waals surface area contributed by atoms with E-state index in [1.807, 2.05) is 0 Å². The van der Waals surface area contributed by atoms with Gasteiger partial charge in [0.05, 0.1) is 0 Å². The monoisotopic (exact) mass is 343 g/mol. The molecule has 2 rings (SSSR count). The topological polar surface area (TPSA) is 45.2 Å². The molecule has 1 fully saturated rings. The Labute approximate surface area is 140 Å². The number of likely N-dealkylation sites (tertiary alicyclic amines) is 1. The Hall–Kier alpha value is -1.63. The Balaban J connectivity index is 1.92. The number of aromatic nitrogens is 1. The number of amides is 1. The van der Waals surface area contributed by atoms with Crippen LogP contribution in [0.5, 0.6) is 0 Å². The summed E-state index contributed by atoms with van der Waals surface area (Å²) in [5, 5.41) is 2.14. The van der Waals surface area contributed by atoms with Crippen molar-refractivity contribution in [2.24, 2.45) is 5.92 Å². The van der Waals surface area contributed by atoms with E-state index in [9.17, 15) is 18.0 Å². The average Bonchev–Trinajstić information content (AvgIpc) is 2.53. The maximum Gasteiger partial charge on any atom is 0.412 e. The van der Waals surface area contributed by atoms with Crippen molar-refractivity contribution in [3.8, 4) is 0 Å². The van der Waals surface area contributed by atoms with Gasteiger partial charge in [0.25, 0.3) is 0 Å². The summed E-state index contributed by atoms with van der Waals surface area (Å²) >= 11 is 0. The van der Waals surface area contributed by atoms with Crippen LogP contribution < -0.4 is 5.32 Å². The van der Waals surface area contributed by atoms with Crippen LogP contribution >= 0.6 is 0 Å². The molecule has 1 N–H and O–H groups in total. The van der Waals surface area contributed by atoms with Crippen molar-refractivity contribution >= 4 is 5.91 Å². The van der Waals surface area contributed by atoms with Crippen LogP contribution in [0.3, 0.4) is 0 Å². The first-order valence-electron chi connectivity index (χ1n) is 8.27. The van der Waals surface area contributed by atoms with Crippen molar-refractivity contribution in [3.63, 3.8) is 0 Å². The molecule has 0 radical (unpaired) electrons. The fourth-order valence-corrected chi connectivity index (χ4v) is 3.06. The number of nitrogens with one attached hydrogen (secondary N) is 1. The number of piperidine rings is 1. The third kappa shape index (κ3) is 5.19. The molecule has 4 nitrogen and oxygen atoms in total.